The molecule has 2 nitrogen and oxygen atoms in total. The van der Waals surface area contributed by atoms with Gasteiger partial charge in [-0.25, -0.2) is 0 Å². The van der Waals surface area contributed by atoms with Gasteiger partial charge in [0.2, 0.25) is 0 Å². The van der Waals surface area contributed by atoms with E-state index in [4.69, 9.17) is 5.73 Å². The van der Waals surface area contributed by atoms with Crippen LogP contribution in [-0.2, 0) is 0 Å². The Morgan fingerprint density at radius 1 is 1.21 bits per heavy atom. The van der Waals surface area contributed by atoms with Gasteiger partial charge in [0, 0.05) is 23.5 Å². The smallest absolute Gasteiger partial charge is 0.0704 e. The average molecular weight is 254 g/mol. The summed E-state index contributed by atoms with van der Waals surface area (Å²) >= 11 is 0. The quantitative estimate of drug-likeness (QED) is 0.839. The summed E-state index contributed by atoms with van der Waals surface area (Å²) in [5, 5.41) is 1.27. The maximum atomic E-state index is 6.40. The summed E-state index contributed by atoms with van der Waals surface area (Å²) in [7, 11) is 0. The Kier molecular flexibility index (Phi) is 3.06. The first-order valence-electron chi connectivity index (χ1n) is 7.16. The molecule has 1 aliphatic rings. The number of hydrogen-bond acceptors (Lipinski definition) is 2. The number of fused-ring (bicyclic) bond motifs is 1. The molecular weight excluding hydrogens is 232 g/mol. The van der Waals surface area contributed by atoms with E-state index in [-0.39, 0.29) is 6.04 Å². The van der Waals surface area contributed by atoms with Gasteiger partial charge in [0.25, 0.3) is 0 Å². The average Bonchev–Trinajstić information content (AvgIpc) is 2.41. The molecule has 1 saturated carbocycles. The summed E-state index contributed by atoms with van der Waals surface area (Å²) in [6.45, 7) is 4.71. The van der Waals surface area contributed by atoms with Gasteiger partial charge in [-0.3, -0.25) is 4.98 Å². The zero-order chi connectivity index (χ0) is 13.5. The fourth-order valence-electron chi connectivity index (χ4n) is 3.40. The minimum atomic E-state index is 0.277. The maximum Gasteiger partial charge on any atom is 0.0704 e. The van der Waals surface area contributed by atoms with Gasteiger partial charge in [-0.15, -0.1) is 0 Å². The van der Waals surface area contributed by atoms with Gasteiger partial charge in [-0.1, -0.05) is 32.0 Å². The van der Waals surface area contributed by atoms with Crippen LogP contribution in [0.15, 0.2) is 36.5 Å². The van der Waals surface area contributed by atoms with E-state index >= 15 is 0 Å². The summed E-state index contributed by atoms with van der Waals surface area (Å²) in [4.78, 5) is 4.46. The summed E-state index contributed by atoms with van der Waals surface area (Å²) in [6.07, 6.45) is 5.38. The third-order valence-corrected chi connectivity index (χ3v) is 4.52. The molecule has 3 rings (SSSR count). The molecule has 0 bridgehead atoms. The van der Waals surface area contributed by atoms with Crippen molar-refractivity contribution in [1.29, 1.82) is 0 Å². The normalized spacial score (nSPS) is 26.5. The second kappa shape index (κ2) is 4.61. The Hall–Kier alpha value is -1.41. The topological polar surface area (TPSA) is 38.9 Å². The lowest BCUT2D eigenvalue weighted by atomic mass is 9.67. The third-order valence-electron chi connectivity index (χ3n) is 4.52. The number of aromatic nitrogens is 1. The Balaban J connectivity index is 2.08. The van der Waals surface area contributed by atoms with E-state index in [1.165, 1.54) is 23.8 Å². The van der Waals surface area contributed by atoms with Gasteiger partial charge < -0.3 is 5.73 Å². The first-order chi connectivity index (χ1) is 9.07. The predicted molar refractivity (Wildman–Crippen MR) is 80.1 cm³/mol. The number of benzene rings is 1. The van der Waals surface area contributed by atoms with Crippen molar-refractivity contribution in [3.63, 3.8) is 0 Å². The van der Waals surface area contributed by atoms with Crippen molar-refractivity contribution in [2.75, 3.05) is 0 Å². The fraction of sp³-hybridized carbons (Fsp3) is 0.471. The molecule has 2 atom stereocenters. The van der Waals surface area contributed by atoms with E-state index in [9.17, 15) is 0 Å². The second-order valence-corrected chi connectivity index (χ2v) is 6.59. The molecule has 0 aliphatic heterocycles. The molecule has 2 unspecified atom stereocenters. The number of pyridine rings is 1. The lowest BCUT2D eigenvalue weighted by Gasteiger charge is -2.39. The van der Waals surface area contributed by atoms with Crippen molar-refractivity contribution in [3.05, 3.63) is 42.1 Å². The van der Waals surface area contributed by atoms with Crippen LogP contribution in [0.2, 0.25) is 0 Å². The largest absolute Gasteiger partial charge is 0.327 e. The van der Waals surface area contributed by atoms with E-state index in [1.54, 1.807) is 0 Å². The molecule has 1 aromatic carbocycles. The molecule has 2 heteroatoms. The van der Waals surface area contributed by atoms with Crippen molar-refractivity contribution in [1.82, 2.24) is 4.98 Å². The molecular formula is C17H22N2. The van der Waals surface area contributed by atoms with Crippen molar-refractivity contribution in [2.24, 2.45) is 11.1 Å². The van der Waals surface area contributed by atoms with Crippen molar-refractivity contribution in [3.8, 4) is 0 Å². The van der Waals surface area contributed by atoms with Crippen LogP contribution in [0.4, 0.5) is 0 Å². The lowest BCUT2D eigenvalue weighted by Crippen LogP contribution is -2.37. The molecule has 0 amide bonds. The molecule has 1 aliphatic carbocycles. The van der Waals surface area contributed by atoms with Crippen LogP contribution in [0.3, 0.4) is 0 Å². The first kappa shape index (κ1) is 12.6. The van der Waals surface area contributed by atoms with Crippen molar-refractivity contribution < 1.29 is 0 Å². The highest BCUT2D eigenvalue weighted by Crippen LogP contribution is 2.44. The monoisotopic (exact) mass is 254 g/mol. The summed E-state index contributed by atoms with van der Waals surface area (Å²) in [5.41, 5.74) is 9.26. The minimum Gasteiger partial charge on any atom is -0.327 e. The molecule has 1 fully saturated rings. The zero-order valence-corrected chi connectivity index (χ0v) is 11.8. The Morgan fingerprint density at radius 2 is 2.05 bits per heavy atom. The molecule has 100 valence electrons. The molecule has 0 radical (unpaired) electrons. The van der Waals surface area contributed by atoms with Crippen LogP contribution < -0.4 is 5.73 Å². The van der Waals surface area contributed by atoms with Crippen LogP contribution in [0.25, 0.3) is 10.9 Å². The highest BCUT2D eigenvalue weighted by Gasteiger charge is 2.34. The number of rotatable bonds is 1. The van der Waals surface area contributed by atoms with Gasteiger partial charge >= 0.3 is 0 Å². The summed E-state index contributed by atoms with van der Waals surface area (Å²) in [6, 6.07) is 10.9. The molecule has 1 heterocycles. The van der Waals surface area contributed by atoms with Gasteiger partial charge in [-0.05, 0) is 42.4 Å². The van der Waals surface area contributed by atoms with Crippen LogP contribution >= 0.6 is 0 Å². The molecule has 2 N–H and O–H groups in total. The Labute approximate surface area is 115 Å². The molecule has 0 spiro atoms. The third kappa shape index (κ3) is 2.37. The van der Waals surface area contributed by atoms with E-state index < -0.39 is 0 Å². The van der Waals surface area contributed by atoms with Gasteiger partial charge in [-0.2, -0.15) is 0 Å². The molecule has 2 aromatic rings. The van der Waals surface area contributed by atoms with E-state index in [1.807, 2.05) is 12.3 Å². The minimum absolute atomic E-state index is 0.277. The van der Waals surface area contributed by atoms with E-state index in [0.717, 1.165) is 11.9 Å². The second-order valence-electron chi connectivity index (χ2n) is 6.59. The lowest BCUT2D eigenvalue weighted by molar-refractivity contribution is 0.199. The predicted octanol–water partition coefficient (Wildman–Crippen LogP) is 3.86. The van der Waals surface area contributed by atoms with Crippen LogP contribution in [0.1, 0.15) is 44.6 Å². The van der Waals surface area contributed by atoms with Crippen molar-refractivity contribution >= 4 is 10.9 Å². The fourth-order valence-corrected chi connectivity index (χ4v) is 3.40. The van der Waals surface area contributed by atoms with Gasteiger partial charge in [0.1, 0.15) is 0 Å². The van der Waals surface area contributed by atoms with Gasteiger partial charge in [0.05, 0.1) is 5.52 Å². The first-order valence-corrected chi connectivity index (χ1v) is 7.16. The Bertz CT molecular complexity index is 583. The molecule has 0 saturated heterocycles. The van der Waals surface area contributed by atoms with Crippen LogP contribution in [0.5, 0.6) is 0 Å². The van der Waals surface area contributed by atoms with E-state index in [2.05, 4.69) is 43.1 Å². The summed E-state index contributed by atoms with van der Waals surface area (Å²) < 4.78 is 0. The van der Waals surface area contributed by atoms with Crippen LogP contribution in [0, 0.1) is 5.41 Å². The zero-order valence-electron chi connectivity index (χ0n) is 11.8. The SMILES string of the molecule is CC1(C)CCC(N)C(c2cccc3ncccc23)C1. The molecule has 1 aromatic heterocycles. The number of hydrogen-bond donors (Lipinski definition) is 1. The molecule has 19 heavy (non-hydrogen) atoms. The number of nitrogens with zero attached hydrogens (tertiary/aromatic N) is 1. The highest BCUT2D eigenvalue weighted by molar-refractivity contribution is 5.82. The highest BCUT2D eigenvalue weighted by atomic mass is 14.7. The standard InChI is InChI=1S/C17H22N2/c1-17(2)9-8-15(18)14(11-17)12-5-3-7-16-13(12)6-4-10-19-16/h3-7,10,14-15H,8-9,11,18H2,1-2H3. The van der Waals surface area contributed by atoms with Crippen molar-refractivity contribution in [2.45, 2.75) is 45.1 Å². The Morgan fingerprint density at radius 3 is 2.89 bits per heavy atom. The summed E-state index contributed by atoms with van der Waals surface area (Å²) in [5.74, 6) is 0.455. The van der Waals surface area contributed by atoms with E-state index in [0.29, 0.717) is 11.3 Å². The van der Waals surface area contributed by atoms with Crippen LogP contribution in [-0.4, -0.2) is 11.0 Å². The van der Waals surface area contributed by atoms with Gasteiger partial charge in [0.15, 0.2) is 0 Å². The number of nitrogens with two attached hydrogens (primary N) is 1. The maximum absolute atomic E-state index is 6.40.